The maximum absolute atomic E-state index is 12.5. The summed E-state index contributed by atoms with van der Waals surface area (Å²) in [5, 5.41) is 0. The molecular weight excluding hydrogens is 338 g/mol. The van der Waals surface area contributed by atoms with Gasteiger partial charge in [0.2, 0.25) is 5.91 Å². The van der Waals surface area contributed by atoms with Gasteiger partial charge in [0, 0.05) is 26.6 Å². The minimum absolute atomic E-state index is 0.00683. The van der Waals surface area contributed by atoms with Gasteiger partial charge < -0.3 is 23.9 Å². The fourth-order valence-corrected chi connectivity index (χ4v) is 2.84. The summed E-state index contributed by atoms with van der Waals surface area (Å²) < 4.78 is 10.4. The first-order valence-electron chi connectivity index (χ1n) is 8.75. The highest BCUT2D eigenvalue weighted by atomic mass is 16.5. The first kappa shape index (κ1) is 20.1. The molecule has 1 aliphatic rings. The van der Waals surface area contributed by atoms with Gasteiger partial charge in [-0.15, -0.1) is 0 Å². The number of hydrogen-bond acceptors (Lipinski definition) is 6. The molecule has 0 spiro atoms. The van der Waals surface area contributed by atoms with Crippen molar-refractivity contribution in [3.8, 4) is 0 Å². The number of furan rings is 1. The van der Waals surface area contributed by atoms with Gasteiger partial charge in [0.15, 0.2) is 5.76 Å². The first-order chi connectivity index (χ1) is 12.4. The molecule has 0 aromatic carbocycles. The van der Waals surface area contributed by atoms with Crippen molar-refractivity contribution in [1.29, 1.82) is 0 Å². The lowest BCUT2D eigenvalue weighted by molar-refractivity contribution is -0.140. The molecule has 1 atom stereocenters. The molecule has 1 unspecified atom stereocenters. The number of ketones is 1. The highest BCUT2D eigenvalue weighted by Crippen LogP contribution is 2.15. The topological polar surface area (TPSA) is 83.3 Å². The molecule has 0 bridgehead atoms. The van der Waals surface area contributed by atoms with Crippen LogP contribution in [0.2, 0.25) is 0 Å². The van der Waals surface area contributed by atoms with Crippen LogP contribution in [-0.4, -0.2) is 92.3 Å². The number of carbonyl (C=O) groups excluding carboxylic acids is 3. The molecule has 2 amide bonds. The Morgan fingerprint density at radius 2 is 2.00 bits per heavy atom. The monoisotopic (exact) mass is 365 g/mol. The highest BCUT2D eigenvalue weighted by Gasteiger charge is 2.34. The zero-order valence-electron chi connectivity index (χ0n) is 15.6. The van der Waals surface area contributed by atoms with Gasteiger partial charge >= 0.3 is 0 Å². The third-order valence-electron chi connectivity index (χ3n) is 4.36. The lowest BCUT2D eigenvalue weighted by Crippen LogP contribution is -2.52. The third kappa shape index (κ3) is 5.40. The normalized spacial score (nSPS) is 17.4. The SMILES string of the molecule is CN(C)CCCN(C)C(=O)CC1COCCN1C(=O)C(=O)c1ccco1. The number of carbonyl (C=O) groups is 3. The van der Waals surface area contributed by atoms with Crippen molar-refractivity contribution in [2.45, 2.75) is 18.9 Å². The van der Waals surface area contributed by atoms with E-state index >= 15 is 0 Å². The Bertz CT molecular complexity index is 614. The number of amides is 2. The van der Waals surface area contributed by atoms with Gasteiger partial charge in [-0.1, -0.05) is 0 Å². The molecule has 1 aliphatic heterocycles. The molecule has 0 N–H and O–H groups in total. The van der Waals surface area contributed by atoms with Gasteiger partial charge in [-0.25, -0.2) is 0 Å². The fraction of sp³-hybridized carbons (Fsp3) is 0.611. The summed E-state index contributed by atoms with van der Waals surface area (Å²) in [7, 11) is 5.73. The maximum atomic E-state index is 12.5. The van der Waals surface area contributed by atoms with E-state index in [0.29, 0.717) is 13.2 Å². The standard InChI is InChI=1S/C18H27N3O5/c1-19(2)7-5-8-20(3)16(22)12-14-13-25-11-9-21(14)18(24)17(23)15-6-4-10-26-15/h4,6,10,14H,5,7-9,11-13H2,1-3H3. The molecule has 144 valence electrons. The number of morpholine rings is 1. The van der Waals surface area contributed by atoms with Gasteiger partial charge in [0.05, 0.1) is 25.5 Å². The second-order valence-electron chi connectivity index (χ2n) is 6.71. The van der Waals surface area contributed by atoms with Gasteiger partial charge in [-0.2, -0.15) is 0 Å². The first-order valence-corrected chi connectivity index (χ1v) is 8.75. The molecule has 1 aromatic heterocycles. The largest absolute Gasteiger partial charge is 0.461 e. The van der Waals surface area contributed by atoms with Gasteiger partial charge in [0.25, 0.3) is 11.7 Å². The van der Waals surface area contributed by atoms with Crippen LogP contribution >= 0.6 is 0 Å². The molecule has 2 rings (SSSR count). The lowest BCUT2D eigenvalue weighted by atomic mass is 10.1. The smallest absolute Gasteiger partial charge is 0.298 e. The molecule has 1 fully saturated rings. The Morgan fingerprint density at radius 1 is 1.23 bits per heavy atom. The number of Topliss-reactive ketones (excluding diaryl/α,β-unsaturated/α-hetero) is 1. The molecule has 1 saturated heterocycles. The van der Waals surface area contributed by atoms with Crippen molar-refractivity contribution in [1.82, 2.24) is 14.7 Å². The van der Waals surface area contributed by atoms with E-state index in [9.17, 15) is 14.4 Å². The summed E-state index contributed by atoms with van der Waals surface area (Å²) >= 11 is 0. The van der Waals surface area contributed by atoms with Crippen molar-refractivity contribution in [3.63, 3.8) is 0 Å². The van der Waals surface area contributed by atoms with E-state index in [2.05, 4.69) is 4.90 Å². The minimum atomic E-state index is -0.700. The summed E-state index contributed by atoms with van der Waals surface area (Å²) in [4.78, 5) is 42.4. The van der Waals surface area contributed by atoms with Crippen LogP contribution in [0.25, 0.3) is 0 Å². The molecule has 0 radical (unpaired) electrons. The van der Waals surface area contributed by atoms with E-state index in [-0.39, 0.29) is 31.2 Å². The Morgan fingerprint density at radius 3 is 2.65 bits per heavy atom. The lowest BCUT2D eigenvalue weighted by Gasteiger charge is -2.35. The van der Waals surface area contributed by atoms with Crippen LogP contribution in [0.3, 0.4) is 0 Å². The van der Waals surface area contributed by atoms with Crippen LogP contribution in [0.4, 0.5) is 0 Å². The minimum Gasteiger partial charge on any atom is -0.461 e. The van der Waals surface area contributed by atoms with Crippen LogP contribution in [0.1, 0.15) is 23.4 Å². The van der Waals surface area contributed by atoms with Crippen LogP contribution in [-0.2, 0) is 14.3 Å². The van der Waals surface area contributed by atoms with Crippen molar-refractivity contribution in [2.75, 3.05) is 54.0 Å². The predicted molar refractivity (Wildman–Crippen MR) is 94.8 cm³/mol. The van der Waals surface area contributed by atoms with Crippen LogP contribution in [0.15, 0.2) is 22.8 Å². The Labute approximate surface area is 153 Å². The van der Waals surface area contributed by atoms with Crippen molar-refractivity contribution in [2.24, 2.45) is 0 Å². The Hall–Kier alpha value is -2.19. The van der Waals surface area contributed by atoms with E-state index in [4.69, 9.17) is 9.15 Å². The van der Waals surface area contributed by atoms with Crippen LogP contribution in [0, 0.1) is 0 Å². The van der Waals surface area contributed by atoms with E-state index in [1.54, 1.807) is 18.0 Å². The van der Waals surface area contributed by atoms with E-state index in [1.165, 1.54) is 17.2 Å². The number of rotatable bonds is 8. The fourth-order valence-electron chi connectivity index (χ4n) is 2.84. The highest BCUT2D eigenvalue weighted by molar-refractivity contribution is 6.42. The average molecular weight is 365 g/mol. The summed E-state index contributed by atoms with van der Waals surface area (Å²) in [5.41, 5.74) is 0. The quantitative estimate of drug-likeness (QED) is 0.493. The van der Waals surface area contributed by atoms with Crippen LogP contribution < -0.4 is 0 Å². The van der Waals surface area contributed by atoms with Gasteiger partial charge in [-0.05, 0) is 39.2 Å². The Kier molecular flexibility index (Phi) is 7.35. The summed E-state index contributed by atoms with van der Waals surface area (Å²) in [6.07, 6.45) is 2.36. The van der Waals surface area contributed by atoms with E-state index < -0.39 is 17.7 Å². The van der Waals surface area contributed by atoms with Gasteiger partial charge in [-0.3, -0.25) is 14.4 Å². The molecule has 2 heterocycles. The molecule has 0 saturated carbocycles. The Balaban J connectivity index is 1.94. The molecule has 8 nitrogen and oxygen atoms in total. The zero-order chi connectivity index (χ0) is 19.1. The van der Waals surface area contributed by atoms with Gasteiger partial charge in [0.1, 0.15) is 0 Å². The second kappa shape index (κ2) is 9.49. The molecule has 0 aliphatic carbocycles. The zero-order valence-corrected chi connectivity index (χ0v) is 15.6. The summed E-state index contributed by atoms with van der Waals surface area (Å²) in [6.45, 7) is 2.42. The van der Waals surface area contributed by atoms with E-state index in [0.717, 1.165) is 13.0 Å². The van der Waals surface area contributed by atoms with Crippen molar-refractivity contribution >= 4 is 17.6 Å². The van der Waals surface area contributed by atoms with Crippen LogP contribution in [0.5, 0.6) is 0 Å². The summed E-state index contributed by atoms with van der Waals surface area (Å²) in [6, 6.07) is 2.57. The second-order valence-corrected chi connectivity index (χ2v) is 6.71. The predicted octanol–water partition coefficient (Wildman–Crippen LogP) is 0.490. The summed E-state index contributed by atoms with van der Waals surface area (Å²) in [5.74, 6) is -1.42. The third-order valence-corrected chi connectivity index (χ3v) is 4.36. The molecule has 1 aromatic rings. The average Bonchev–Trinajstić information content (AvgIpc) is 3.15. The molecule has 8 heteroatoms. The molecular formula is C18H27N3O5. The van der Waals surface area contributed by atoms with E-state index in [1.807, 2.05) is 14.1 Å². The maximum Gasteiger partial charge on any atom is 0.298 e. The van der Waals surface area contributed by atoms with Crippen molar-refractivity contribution < 1.29 is 23.5 Å². The molecule has 26 heavy (non-hydrogen) atoms. The number of hydrogen-bond donors (Lipinski definition) is 0. The van der Waals surface area contributed by atoms with Crippen molar-refractivity contribution in [3.05, 3.63) is 24.2 Å². The number of ether oxygens (including phenoxy) is 1. The number of nitrogens with zero attached hydrogens (tertiary/aromatic N) is 3.